The lowest BCUT2D eigenvalue weighted by Gasteiger charge is -2.22. The molecule has 0 saturated heterocycles. The summed E-state index contributed by atoms with van der Waals surface area (Å²) < 4.78 is 48.5. The Morgan fingerprint density at radius 3 is 2.26 bits per heavy atom. The summed E-state index contributed by atoms with van der Waals surface area (Å²) in [6.07, 6.45) is 8.71. The summed E-state index contributed by atoms with van der Waals surface area (Å²) in [4.78, 5) is 14.6. The maximum atomic E-state index is 13.1. The monoisotopic (exact) mass is 501 g/mol. The lowest BCUT2D eigenvalue weighted by atomic mass is 10.1. The summed E-state index contributed by atoms with van der Waals surface area (Å²) in [5, 5.41) is 0. The second-order valence-electron chi connectivity index (χ2n) is 8.48. The maximum absolute atomic E-state index is 13.1. The van der Waals surface area contributed by atoms with Crippen LogP contribution in [0, 0.1) is 5.82 Å². The average molecular weight is 502 g/mol. The van der Waals surface area contributed by atoms with E-state index in [-0.39, 0.29) is 16.6 Å². The molecule has 3 rings (SSSR count). The summed E-state index contributed by atoms with van der Waals surface area (Å²) in [5.74, 6) is 0.357. The SMILES string of the molecule is CCCCCCCCC(=O)N(Cc1ccc(OS(=O)(=O)c2ccc(F)cc2)cc1)Cc1ccco1. The number of carbonyl (C=O) groups is 1. The van der Waals surface area contributed by atoms with Gasteiger partial charge < -0.3 is 13.5 Å². The predicted octanol–water partition coefficient (Wildman–Crippen LogP) is 6.47. The second kappa shape index (κ2) is 13.1. The smallest absolute Gasteiger partial charge is 0.339 e. The average Bonchev–Trinajstić information content (AvgIpc) is 3.35. The van der Waals surface area contributed by atoms with Crippen LogP contribution in [0.15, 0.2) is 76.2 Å². The Balaban J connectivity index is 1.61. The van der Waals surface area contributed by atoms with Gasteiger partial charge in [-0.3, -0.25) is 4.79 Å². The Hall–Kier alpha value is -3.13. The highest BCUT2D eigenvalue weighted by molar-refractivity contribution is 7.87. The zero-order chi connectivity index (χ0) is 25.1. The van der Waals surface area contributed by atoms with Crippen molar-refractivity contribution >= 4 is 16.0 Å². The number of carbonyl (C=O) groups excluding carboxylic acids is 1. The third-order valence-electron chi connectivity index (χ3n) is 5.63. The van der Waals surface area contributed by atoms with Gasteiger partial charge in [0.1, 0.15) is 22.2 Å². The molecule has 0 saturated carbocycles. The van der Waals surface area contributed by atoms with Crippen LogP contribution < -0.4 is 4.18 Å². The molecule has 35 heavy (non-hydrogen) atoms. The lowest BCUT2D eigenvalue weighted by Crippen LogP contribution is -2.29. The van der Waals surface area contributed by atoms with Crippen molar-refractivity contribution in [3.63, 3.8) is 0 Å². The number of hydrogen-bond donors (Lipinski definition) is 0. The zero-order valence-corrected chi connectivity index (χ0v) is 20.8. The van der Waals surface area contributed by atoms with Crippen LogP contribution in [0.4, 0.5) is 4.39 Å². The minimum absolute atomic E-state index is 0.0519. The van der Waals surface area contributed by atoms with Crippen molar-refractivity contribution in [1.82, 2.24) is 4.90 Å². The molecule has 188 valence electrons. The fraction of sp³-hybridized carbons (Fsp3) is 0.370. The first-order valence-electron chi connectivity index (χ1n) is 12.0. The Labute approximate surface area is 206 Å². The van der Waals surface area contributed by atoms with E-state index in [4.69, 9.17) is 8.60 Å². The number of amides is 1. The zero-order valence-electron chi connectivity index (χ0n) is 20.0. The quantitative estimate of drug-likeness (QED) is 0.187. The van der Waals surface area contributed by atoms with Gasteiger partial charge in [0.15, 0.2) is 0 Å². The molecule has 1 amide bonds. The number of unbranched alkanes of at least 4 members (excludes halogenated alkanes) is 5. The first-order chi connectivity index (χ1) is 16.9. The Kier molecular flexibility index (Phi) is 9.90. The summed E-state index contributed by atoms with van der Waals surface area (Å²) in [5.41, 5.74) is 0.833. The third kappa shape index (κ3) is 8.55. The molecule has 0 bridgehead atoms. The molecule has 3 aromatic rings. The topological polar surface area (TPSA) is 76.8 Å². The number of furan rings is 1. The van der Waals surface area contributed by atoms with E-state index in [1.807, 2.05) is 6.07 Å². The summed E-state index contributed by atoms with van der Waals surface area (Å²) in [6, 6.07) is 14.6. The number of benzene rings is 2. The van der Waals surface area contributed by atoms with E-state index in [2.05, 4.69) is 6.92 Å². The summed E-state index contributed by atoms with van der Waals surface area (Å²) in [7, 11) is -4.08. The lowest BCUT2D eigenvalue weighted by molar-refractivity contribution is -0.132. The number of rotatable bonds is 14. The van der Waals surface area contributed by atoms with Gasteiger partial charge in [-0.25, -0.2) is 4.39 Å². The molecule has 1 aromatic heterocycles. The number of nitrogens with zero attached hydrogens (tertiary/aromatic N) is 1. The van der Waals surface area contributed by atoms with E-state index in [1.54, 1.807) is 41.5 Å². The van der Waals surface area contributed by atoms with Crippen molar-refractivity contribution in [3.8, 4) is 5.75 Å². The highest BCUT2D eigenvalue weighted by Crippen LogP contribution is 2.21. The second-order valence-corrected chi connectivity index (χ2v) is 10.0. The summed E-state index contributed by atoms with van der Waals surface area (Å²) in [6.45, 7) is 2.90. The molecule has 8 heteroatoms. The number of hydrogen-bond acceptors (Lipinski definition) is 5. The van der Waals surface area contributed by atoms with Gasteiger partial charge in [-0.05, 0) is 60.5 Å². The van der Waals surface area contributed by atoms with E-state index in [9.17, 15) is 17.6 Å². The van der Waals surface area contributed by atoms with Crippen LogP contribution in [0.2, 0.25) is 0 Å². The van der Waals surface area contributed by atoms with E-state index in [0.717, 1.165) is 49.1 Å². The molecule has 0 spiro atoms. The summed E-state index contributed by atoms with van der Waals surface area (Å²) >= 11 is 0. The molecule has 0 aliphatic carbocycles. The highest BCUT2D eigenvalue weighted by atomic mass is 32.2. The minimum Gasteiger partial charge on any atom is -0.467 e. The van der Waals surface area contributed by atoms with E-state index >= 15 is 0 Å². The molecule has 2 aromatic carbocycles. The van der Waals surface area contributed by atoms with Crippen LogP contribution in [0.25, 0.3) is 0 Å². The minimum atomic E-state index is -4.08. The largest absolute Gasteiger partial charge is 0.467 e. The molecule has 1 heterocycles. The van der Waals surface area contributed by atoms with Gasteiger partial charge in [0.05, 0.1) is 12.8 Å². The molecule has 0 atom stereocenters. The fourth-order valence-corrected chi connectivity index (χ4v) is 4.61. The molecule has 0 N–H and O–H groups in total. The molecule has 0 aliphatic rings. The van der Waals surface area contributed by atoms with Crippen molar-refractivity contribution in [2.24, 2.45) is 0 Å². The van der Waals surface area contributed by atoms with Gasteiger partial charge >= 0.3 is 10.1 Å². The first kappa shape index (κ1) is 26.5. The molecule has 0 fully saturated rings. The Morgan fingerprint density at radius 1 is 0.914 bits per heavy atom. The molecule has 6 nitrogen and oxygen atoms in total. The van der Waals surface area contributed by atoms with Crippen LogP contribution in [-0.2, 0) is 28.0 Å². The van der Waals surface area contributed by atoms with E-state index in [1.165, 1.54) is 19.3 Å². The predicted molar refractivity (Wildman–Crippen MR) is 132 cm³/mol. The van der Waals surface area contributed by atoms with Crippen LogP contribution in [-0.4, -0.2) is 19.2 Å². The van der Waals surface area contributed by atoms with Gasteiger partial charge in [0.25, 0.3) is 0 Å². The molecule has 0 aliphatic heterocycles. The number of halogens is 1. The van der Waals surface area contributed by atoms with Crippen molar-refractivity contribution in [2.75, 3.05) is 0 Å². The molecule has 0 unspecified atom stereocenters. The van der Waals surface area contributed by atoms with Crippen LogP contribution in [0.3, 0.4) is 0 Å². The van der Waals surface area contributed by atoms with Gasteiger partial charge in [-0.2, -0.15) is 8.42 Å². The van der Waals surface area contributed by atoms with Crippen molar-refractivity contribution in [1.29, 1.82) is 0 Å². The van der Waals surface area contributed by atoms with Gasteiger partial charge in [0, 0.05) is 13.0 Å². The fourth-order valence-electron chi connectivity index (χ4n) is 3.68. The molecular weight excluding hydrogens is 469 g/mol. The van der Waals surface area contributed by atoms with Crippen LogP contribution in [0.5, 0.6) is 5.75 Å². The van der Waals surface area contributed by atoms with Crippen molar-refractivity contribution < 1.29 is 26.2 Å². The van der Waals surface area contributed by atoms with Crippen LogP contribution in [0.1, 0.15) is 63.2 Å². The Bertz CT molecular complexity index is 1140. The maximum Gasteiger partial charge on any atom is 0.339 e. The van der Waals surface area contributed by atoms with Crippen LogP contribution >= 0.6 is 0 Å². The third-order valence-corrected chi connectivity index (χ3v) is 6.89. The first-order valence-corrected chi connectivity index (χ1v) is 13.4. The normalized spacial score (nSPS) is 11.4. The van der Waals surface area contributed by atoms with Crippen molar-refractivity contribution in [2.45, 2.75) is 69.9 Å². The van der Waals surface area contributed by atoms with Crippen molar-refractivity contribution in [3.05, 3.63) is 84.1 Å². The van der Waals surface area contributed by atoms with Gasteiger partial charge in [-0.1, -0.05) is 51.2 Å². The highest BCUT2D eigenvalue weighted by Gasteiger charge is 2.18. The Morgan fingerprint density at radius 2 is 1.60 bits per heavy atom. The van der Waals surface area contributed by atoms with E-state index < -0.39 is 15.9 Å². The molecule has 0 radical (unpaired) electrons. The van der Waals surface area contributed by atoms with Gasteiger partial charge in [-0.15, -0.1) is 0 Å². The van der Waals surface area contributed by atoms with Gasteiger partial charge in [0.2, 0.25) is 5.91 Å². The van der Waals surface area contributed by atoms with E-state index in [0.29, 0.717) is 25.3 Å². The molecular formula is C27H32FNO5S. The standard InChI is InChI=1S/C27H32FNO5S/c1-2-3-4-5-6-7-10-27(30)29(21-25-9-8-19-33-25)20-22-11-15-24(16-12-22)34-35(31,32)26-17-13-23(28)14-18-26/h8-9,11-19H,2-7,10,20-21H2,1H3.